The van der Waals surface area contributed by atoms with Crippen molar-refractivity contribution in [3.8, 4) is 6.01 Å². The number of rotatable bonds is 6. The minimum Gasteiger partial charge on any atom is -0.461 e. The van der Waals surface area contributed by atoms with E-state index in [0.717, 1.165) is 0 Å². The molecule has 0 saturated carbocycles. The van der Waals surface area contributed by atoms with Crippen LogP contribution in [-0.4, -0.2) is 33.5 Å². The molecule has 0 spiro atoms. The van der Waals surface area contributed by atoms with Crippen LogP contribution >= 0.6 is 11.6 Å². The molecule has 19 heavy (non-hydrogen) atoms. The van der Waals surface area contributed by atoms with Gasteiger partial charge in [0, 0.05) is 6.54 Å². The number of nitrogens with two attached hydrogens (primary N) is 1. The Morgan fingerprint density at radius 2 is 2.05 bits per heavy atom. The molecule has 0 aromatic carbocycles. The quantitative estimate of drug-likeness (QED) is 0.816. The van der Waals surface area contributed by atoms with Crippen LogP contribution in [0.25, 0.3) is 0 Å². The molecule has 0 atom stereocenters. The molecule has 0 aliphatic heterocycles. The van der Waals surface area contributed by atoms with E-state index in [0.29, 0.717) is 0 Å². The largest absolute Gasteiger partial charge is 0.461 e. The van der Waals surface area contributed by atoms with Crippen LogP contribution in [0.3, 0.4) is 0 Å². The molecular weight excluding hydrogens is 270 g/mol. The summed E-state index contributed by atoms with van der Waals surface area (Å²) in [6.07, 6.45) is -0.0756. The molecule has 0 aliphatic carbocycles. The van der Waals surface area contributed by atoms with Crippen LogP contribution in [0, 0.1) is 5.41 Å². The van der Waals surface area contributed by atoms with Crippen LogP contribution in [0.4, 0.5) is 5.95 Å². The maximum Gasteiger partial charge on any atom is 0.322 e. The van der Waals surface area contributed by atoms with Gasteiger partial charge in [-0.15, -0.1) is 0 Å². The zero-order chi connectivity index (χ0) is 14.6. The molecule has 8 heteroatoms. The Morgan fingerprint density at radius 3 is 2.58 bits per heavy atom. The summed E-state index contributed by atoms with van der Waals surface area (Å²) in [6, 6.07) is 0.134. The fraction of sp³-hybridized carbons (Fsp3) is 0.636. The number of carbonyl (C=O) groups excluding carboxylic acids is 1. The second kappa shape index (κ2) is 6.01. The lowest BCUT2D eigenvalue weighted by molar-refractivity contribution is -0.125. The van der Waals surface area contributed by atoms with Gasteiger partial charge >= 0.3 is 6.01 Å². The molecule has 0 saturated heterocycles. The zero-order valence-electron chi connectivity index (χ0n) is 11.4. The number of nitrogens with one attached hydrogen (secondary N) is 1. The van der Waals surface area contributed by atoms with Crippen molar-refractivity contribution >= 4 is 23.5 Å². The summed E-state index contributed by atoms with van der Waals surface area (Å²) in [7, 11) is 0. The summed E-state index contributed by atoms with van der Waals surface area (Å²) in [4.78, 5) is 23.0. The van der Waals surface area contributed by atoms with Gasteiger partial charge < -0.3 is 15.8 Å². The van der Waals surface area contributed by atoms with Gasteiger partial charge in [0.2, 0.25) is 17.1 Å². The molecule has 0 radical (unpaired) electrons. The summed E-state index contributed by atoms with van der Waals surface area (Å²) < 4.78 is 5.34. The number of anilines is 1. The third-order valence-corrected chi connectivity index (χ3v) is 2.45. The topological polar surface area (TPSA) is 103 Å². The number of amides is 1. The summed E-state index contributed by atoms with van der Waals surface area (Å²) in [5.74, 6) is -0.177. The van der Waals surface area contributed by atoms with E-state index in [1.807, 2.05) is 13.8 Å². The van der Waals surface area contributed by atoms with Gasteiger partial charge in [0.15, 0.2) is 0 Å². The van der Waals surface area contributed by atoms with Gasteiger partial charge in [-0.3, -0.25) is 4.79 Å². The molecule has 0 bridgehead atoms. The van der Waals surface area contributed by atoms with Crippen molar-refractivity contribution in [2.75, 3.05) is 11.9 Å². The van der Waals surface area contributed by atoms with Crippen molar-refractivity contribution in [1.82, 2.24) is 15.0 Å². The maximum atomic E-state index is 11.2. The Labute approximate surface area is 116 Å². The maximum absolute atomic E-state index is 11.2. The van der Waals surface area contributed by atoms with Gasteiger partial charge in [-0.05, 0) is 39.3 Å². The Morgan fingerprint density at radius 1 is 1.42 bits per heavy atom. The normalized spacial score (nSPS) is 11.5. The van der Waals surface area contributed by atoms with Crippen LogP contribution in [0.2, 0.25) is 5.28 Å². The van der Waals surface area contributed by atoms with Crippen LogP contribution in [-0.2, 0) is 4.79 Å². The van der Waals surface area contributed by atoms with Gasteiger partial charge in [-0.2, -0.15) is 15.0 Å². The Hall–Kier alpha value is -1.63. The van der Waals surface area contributed by atoms with E-state index >= 15 is 0 Å². The van der Waals surface area contributed by atoms with Crippen molar-refractivity contribution in [2.45, 2.75) is 33.8 Å². The van der Waals surface area contributed by atoms with E-state index in [-0.39, 0.29) is 29.9 Å². The van der Waals surface area contributed by atoms with Gasteiger partial charge in [-0.25, -0.2) is 0 Å². The molecule has 1 aromatic heterocycles. The number of nitrogens with zero attached hydrogens (tertiary/aromatic N) is 3. The highest BCUT2D eigenvalue weighted by Gasteiger charge is 2.25. The van der Waals surface area contributed by atoms with E-state index < -0.39 is 11.3 Å². The first-order valence-corrected chi connectivity index (χ1v) is 6.20. The molecule has 1 heterocycles. The number of aromatic nitrogens is 3. The molecule has 1 rings (SSSR count). The molecule has 0 aliphatic rings. The standard InChI is InChI=1S/C11H18ClN5O2/c1-6(2)19-10-16-8(12)15-9(17-10)14-5-11(3,4)7(13)18/h6H,5H2,1-4H3,(H2,13,18)(H,14,15,16,17). The average molecular weight is 288 g/mol. The minimum absolute atomic E-state index is 0.0185. The van der Waals surface area contributed by atoms with Gasteiger partial charge in [0.05, 0.1) is 11.5 Å². The zero-order valence-corrected chi connectivity index (χ0v) is 12.2. The van der Waals surface area contributed by atoms with Crippen molar-refractivity contribution in [3.63, 3.8) is 0 Å². The Kier molecular flexibility index (Phi) is 4.88. The molecule has 0 fully saturated rings. The van der Waals surface area contributed by atoms with Crippen molar-refractivity contribution in [3.05, 3.63) is 5.28 Å². The average Bonchev–Trinajstić information content (AvgIpc) is 2.24. The van der Waals surface area contributed by atoms with E-state index in [1.165, 1.54) is 0 Å². The number of hydrogen-bond donors (Lipinski definition) is 2. The molecule has 106 valence electrons. The summed E-state index contributed by atoms with van der Waals surface area (Å²) in [5, 5.41) is 2.91. The minimum atomic E-state index is -0.724. The summed E-state index contributed by atoms with van der Waals surface area (Å²) in [5.41, 5.74) is 4.55. The lowest BCUT2D eigenvalue weighted by Gasteiger charge is -2.20. The fourth-order valence-corrected chi connectivity index (χ4v) is 1.21. The van der Waals surface area contributed by atoms with Crippen LogP contribution in [0.15, 0.2) is 0 Å². The Bertz CT molecular complexity index is 464. The van der Waals surface area contributed by atoms with E-state index in [9.17, 15) is 4.79 Å². The number of ether oxygens (including phenoxy) is 1. The lowest BCUT2D eigenvalue weighted by Crippen LogP contribution is -2.37. The van der Waals surface area contributed by atoms with Crippen molar-refractivity contribution in [2.24, 2.45) is 11.1 Å². The highest BCUT2D eigenvalue weighted by atomic mass is 35.5. The first-order chi connectivity index (χ1) is 8.70. The van der Waals surface area contributed by atoms with Gasteiger partial charge in [0.1, 0.15) is 0 Å². The predicted molar refractivity (Wildman–Crippen MR) is 72.1 cm³/mol. The predicted octanol–water partition coefficient (Wildman–Crippen LogP) is 1.24. The first kappa shape index (κ1) is 15.4. The number of hydrogen-bond acceptors (Lipinski definition) is 6. The Balaban J connectivity index is 2.79. The molecule has 1 amide bonds. The number of primary amides is 1. The monoisotopic (exact) mass is 287 g/mol. The fourth-order valence-electron chi connectivity index (χ4n) is 1.06. The summed E-state index contributed by atoms with van der Waals surface area (Å²) in [6.45, 7) is 7.42. The van der Waals surface area contributed by atoms with E-state index in [1.54, 1.807) is 13.8 Å². The molecule has 0 unspecified atom stereocenters. The SMILES string of the molecule is CC(C)Oc1nc(Cl)nc(NCC(C)(C)C(N)=O)n1. The van der Waals surface area contributed by atoms with E-state index in [4.69, 9.17) is 22.1 Å². The third kappa shape index (κ3) is 4.86. The second-order valence-corrected chi connectivity index (χ2v) is 5.32. The highest BCUT2D eigenvalue weighted by Crippen LogP contribution is 2.17. The van der Waals surface area contributed by atoms with Gasteiger partial charge in [-0.1, -0.05) is 0 Å². The molecule has 7 nitrogen and oxygen atoms in total. The van der Waals surface area contributed by atoms with Crippen LogP contribution < -0.4 is 15.8 Å². The highest BCUT2D eigenvalue weighted by molar-refractivity contribution is 6.28. The molecular formula is C11H18ClN5O2. The second-order valence-electron chi connectivity index (χ2n) is 4.98. The molecule has 1 aromatic rings. The van der Waals surface area contributed by atoms with E-state index in [2.05, 4.69) is 20.3 Å². The number of halogens is 1. The van der Waals surface area contributed by atoms with Crippen molar-refractivity contribution < 1.29 is 9.53 Å². The van der Waals surface area contributed by atoms with Gasteiger partial charge in [0.25, 0.3) is 0 Å². The summed E-state index contributed by atoms with van der Waals surface area (Å²) >= 11 is 5.77. The third-order valence-electron chi connectivity index (χ3n) is 2.28. The number of carbonyl (C=O) groups is 1. The van der Waals surface area contributed by atoms with Crippen LogP contribution in [0.1, 0.15) is 27.7 Å². The molecule has 3 N–H and O–H groups in total. The lowest BCUT2D eigenvalue weighted by atomic mass is 9.93. The van der Waals surface area contributed by atoms with Crippen LogP contribution in [0.5, 0.6) is 6.01 Å². The van der Waals surface area contributed by atoms with Crippen molar-refractivity contribution in [1.29, 1.82) is 0 Å². The smallest absolute Gasteiger partial charge is 0.322 e. The first-order valence-electron chi connectivity index (χ1n) is 5.83.